The van der Waals surface area contributed by atoms with Gasteiger partial charge in [-0.3, -0.25) is 19.0 Å². The number of para-hydroxylation sites is 4. The fraction of sp³-hybridized carbons (Fsp3) is 0.235. The third kappa shape index (κ3) is 4.58. The van der Waals surface area contributed by atoms with E-state index in [0.29, 0.717) is 71.1 Å². The molecule has 7 heteroatoms. The standard InChI is InChI=1S/C51H44N2O5/c1-24(2)29-18-14-19-30(25(3)4)45(29)52-28(9)37-40-41-43(38-33-16-10-12-22-35(33)57-47(37)38)50(55)53(46-31(26(5)6)20-15-21-32(46)27(7)8)51(56)44(41)48-39(42(40)49(52)54)34-17-11-13-23-36(34)58-48/h10-27H,9H2,1-8H3. The largest absolute Gasteiger partial charge is 0.455 e. The summed E-state index contributed by atoms with van der Waals surface area (Å²) in [5.41, 5.74) is 7.28. The summed E-state index contributed by atoms with van der Waals surface area (Å²) in [5, 5.41) is 4.78. The Bertz CT molecular complexity index is 3330. The fourth-order valence-electron chi connectivity index (χ4n) is 9.72. The first kappa shape index (κ1) is 35.9. The van der Waals surface area contributed by atoms with Gasteiger partial charge in [0.05, 0.1) is 38.6 Å². The molecule has 2 amide bonds. The van der Waals surface area contributed by atoms with Crippen LogP contribution in [0.25, 0.3) is 77.7 Å². The topological polar surface area (TPSA) is 85.7 Å². The fourth-order valence-corrected chi connectivity index (χ4v) is 9.72. The lowest BCUT2D eigenvalue weighted by molar-refractivity contribution is 0.0894. The first-order chi connectivity index (χ1) is 27.8. The zero-order valence-electron chi connectivity index (χ0n) is 34.0. The Labute approximate surface area is 335 Å². The van der Waals surface area contributed by atoms with Crippen LogP contribution < -0.4 is 15.8 Å². The van der Waals surface area contributed by atoms with E-state index < -0.39 is 11.8 Å². The number of pyridine rings is 1. The van der Waals surface area contributed by atoms with Crippen LogP contribution in [0.3, 0.4) is 0 Å². The van der Waals surface area contributed by atoms with E-state index in [0.717, 1.165) is 33.3 Å². The number of nitrogens with zero attached hydrogens (tertiary/aromatic N) is 2. The third-order valence-electron chi connectivity index (χ3n) is 12.3. The van der Waals surface area contributed by atoms with Crippen LogP contribution in [0, 0.1) is 0 Å². The van der Waals surface area contributed by atoms with Gasteiger partial charge in [-0.25, -0.2) is 4.90 Å². The van der Waals surface area contributed by atoms with Crippen LogP contribution >= 0.6 is 0 Å². The highest BCUT2D eigenvalue weighted by Crippen LogP contribution is 2.50. The maximum absolute atomic E-state index is 15.9. The molecule has 288 valence electrons. The maximum Gasteiger partial charge on any atom is 0.269 e. The summed E-state index contributed by atoms with van der Waals surface area (Å²) in [7, 11) is 0. The molecule has 6 aromatic carbocycles. The van der Waals surface area contributed by atoms with Crippen molar-refractivity contribution in [1.29, 1.82) is 0 Å². The second-order valence-corrected chi connectivity index (χ2v) is 17.1. The number of fused-ring (bicyclic) bond motifs is 10. The SMILES string of the molecule is C=c1c2c3oc4ccccc4c3c3c4c(c5oc6ccccc6c5c(c(=O)n1-c1c(C(C)C)cccc1C(C)C)c42)C(=O)N(c1c(C(C)C)cccc1C(C)C)C3=O. The van der Waals surface area contributed by atoms with E-state index in [4.69, 9.17) is 15.4 Å². The van der Waals surface area contributed by atoms with Gasteiger partial charge < -0.3 is 8.83 Å². The highest BCUT2D eigenvalue weighted by atomic mass is 16.3. The lowest BCUT2D eigenvalue weighted by atomic mass is 9.83. The first-order valence-corrected chi connectivity index (χ1v) is 20.3. The zero-order chi connectivity index (χ0) is 40.6. The Balaban J connectivity index is 1.52. The summed E-state index contributed by atoms with van der Waals surface area (Å²) in [6, 6.07) is 27.5. The van der Waals surface area contributed by atoms with Gasteiger partial charge in [-0.05, 0) is 58.1 Å². The quantitative estimate of drug-likeness (QED) is 0.157. The number of hydrogen-bond acceptors (Lipinski definition) is 5. The Morgan fingerprint density at radius 1 is 0.466 bits per heavy atom. The summed E-state index contributed by atoms with van der Waals surface area (Å²) >= 11 is 0. The molecule has 7 nitrogen and oxygen atoms in total. The van der Waals surface area contributed by atoms with Gasteiger partial charge in [0, 0.05) is 32.3 Å². The highest BCUT2D eigenvalue weighted by molar-refractivity contribution is 6.48. The third-order valence-corrected chi connectivity index (χ3v) is 12.3. The molecule has 0 radical (unpaired) electrons. The molecule has 3 aromatic heterocycles. The van der Waals surface area contributed by atoms with Crippen molar-refractivity contribution < 1.29 is 18.4 Å². The highest BCUT2D eigenvalue weighted by Gasteiger charge is 2.43. The smallest absolute Gasteiger partial charge is 0.269 e. The normalized spacial score (nSPS) is 13.6. The summed E-state index contributed by atoms with van der Waals surface area (Å²) in [5.74, 6) is -0.791. The molecule has 0 bridgehead atoms. The van der Waals surface area contributed by atoms with Crippen LogP contribution in [0.2, 0.25) is 0 Å². The number of rotatable bonds is 6. The van der Waals surface area contributed by atoms with Gasteiger partial charge in [-0.2, -0.15) is 0 Å². The maximum atomic E-state index is 15.9. The van der Waals surface area contributed by atoms with Crippen molar-refractivity contribution in [2.75, 3.05) is 4.90 Å². The molecule has 0 saturated heterocycles. The lowest BCUT2D eigenvalue weighted by Crippen LogP contribution is -2.42. The van der Waals surface area contributed by atoms with Gasteiger partial charge in [0.15, 0.2) is 0 Å². The predicted molar refractivity (Wildman–Crippen MR) is 236 cm³/mol. The minimum Gasteiger partial charge on any atom is -0.455 e. The Hall–Kier alpha value is -6.47. The molecule has 58 heavy (non-hydrogen) atoms. The molecule has 0 unspecified atom stereocenters. The van der Waals surface area contributed by atoms with E-state index in [9.17, 15) is 0 Å². The van der Waals surface area contributed by atoms with E-state index in [1.165, 1.54) is 4.90 Å². The summed E-state index contributed by atoms with van der Waals surface area (Å²) in [6.45, 7) is 21.5. The number of aromatic nitrogens is 1. The second kappa shape index (κ2) is 12.5. The molecule has 0 fully saturated rings. The van der Waals surface area contributed by atoms with Crippen molar-refractivity contribution >= 4 is 89.5 Å². The number of carbonyl (C=O) groups is 2. The van der Waals surface area contributed by atoms with Gasteiger partial charge >= 0.3 is 0 Å². The van der Waals surface area contributed by atoms with Crippen LogP contribution in [0.5, 0.6) is 0 Å². The zero-order valence-corrected chi connectivity index (χ0v) is 34.0. The van der Waals surface area contributed by atoms with Crippen molar-refractivity contribution in [3.8, 4) is 5.69 Å². The number of amides is 2. The monoisotopic (exact) mass is 764 g/mol. The predicted octanol–water partition coefficient (Wildman–Crippen LogP) is 12.4. The number of hydrogen-bond donors (Lipinski definition) is 0. The van der Waals surface area contributed by atoms with Crippen LogP contribution in [0.15, 0.2) is 98.6 Å². The van der Waals surface area contributed by atoms with Crippen molar-refractivity contribution in [2.24, 2.45) is 0 Å². The Morgan fingerprint density at radius 2 is 0.931 bits per heavy atom. The second-order valence-electron chi connectivity index (χ2n) is 17.1. The van der Waals surface area contributed by atoms with E-state index in [2.05, 4.69) is 73.6 Å². The molecule has 1 aliphatic rings. The number of furan rings is 2. The van der Waals surface area contributed by atoms with Crippen molar-refractivity contribution in [3.05, 3.63) is 134 Å². The number of benzene rings is 6. The summed E-state index contributed by atoms with van der Waals surface area (Å²) < 4.78 is 15.4. The number of carbonyl (C=O) groups excluding carboxylic acids is 2. The average Bonchev–Trinajstić information content (AvgIpc) is 3.77. The Kier molecular flexibility index (Phi) is 7.75. The van der Waals surface area contributed by atoms with E-state index in [1.54, 1.807) is 4.57 Å². The molecule has 1 aliphatic heterocycles. The summed E-state index contributed by atoms with van der Waals surface area (Å²) in [6.07, 6.45) is 0. The van der Waals surface area contributed by atoms with E-state index >= 15 is 14.4 Å². The van der Waals surface area contributed by atoms with Crippen LogP contribution in [-0.4, -0.2) is 16.4 Å². The molecule has 0 N–H and O–H groups in total. The van der Waals surface area contributed by atoms with Gasteiger partial charge in [0.25, 0.3) is 17.4 Å². The average molecular weight is 765 g/mol. The van der Waals surface area contributed by atoms with Crippen molar-refractivity contribution in [1.82, 2.24) is 4.57 Å². The van der Waals surface area contributed by atoms with Crippen molar-refractivity contribution in [2.45, 2.75) is 79.1 Å². The molecule has 10 rings (SSSR count). The molecule has 0 spiro atoms. The van der Waals surface area contributed by atoms with Gasteiger partial charge in [-0.1, -0.05) is 135 Å². The molecular formula is C51H44N2O5. The molecular weight excluding hydrogens is 721 g/mol. The molecule has 0 aliphatic carbocycles. The molecule has 4 heterocycles. The van der Waals surface area contributed by atoms with Crippen LogP contribution in [0.1, 0.15) is 122 Å². The molecule has 9 aromatic rings. The minimum absolute atomic E-state index is 0.00318. The van der Waals surface area contributed by atoms with Gasteiger partial charge in [0.1, 0.15) is 22.3 Å². The lowest BCUT2D eigenvalue weighted by Gasteiger charge is -2.33. The van der Waals surface area contributed by atoms with Crippen LogP contribution in [0.4, 0.5) is 5.69 Å². The Morgan fingerprint density at radius 3 is 1.47 bits per heavy atom. The minimum atomic E-state index is -0.492. The summed E-state index contributed by atoms with van der Waals surface area (Å²) in [4.78, 5) is 48.7. The van der Waals surface area contributed by atoms with Gasteiger partial charge in [-0.15, -0.1) is 0 Å². The number of imide groups is 1. The van der Waals surface area contributed by atoms with Crippen LogP contribution in [-0.2, 0) is 0 Å². The number of anilines is 1. The van der Waals surface area contributed by atoms with Gasteiger partial charge in [0.2, 0.25) is 0 Å². The van der Waals surface area contributed by atoms with Crippen molar-refractivity contribution in [3.63, 3.8) is 0 Å². The first-order valence-electron chi connectivity index (χ1n) is 20.3. The van der Waals surface area contributed by atoms with E-state index in [-0.39, 0.29) is 40.4 Å². The molecule has 0 saturated carbocycles. The van der Waals surface area contributed by atoms with E-state index in [1.807, 2.05) is 66.7 Å². The molecule has 0 atom stereocenters.